The molecule has 14 heavy (non-hydrogen) atoms. The second kappa shape index (κ2) is 5.40. The summed E-state index contributed by atoms with van der Waals surface area (Å²) in [6, 6.07) is 0. The van der Waals surface area contributed by atoms with E-state index in [9.17, 15) is 0 Å². The van der Waals surface area contributed by atoms with Crippen LogP contribution in [0.5, 0.6) is 0 Å². The Hall–Kier alpha value is 2.46. The summed E-state index contributed by atoms with van der Waals surface area (Å²) in [5, 5.41) is 0. The molecule has 76 valence electrons. The van der Waals surface area contributed by atoms with Crippen LogP contribution >= 0.6 is 46.4 Å². The molecule has 0 bridgehead atoms. The van der Waals surface area contributed by atoms with Gasteiger partial charge in [0.2, 0.25) is 0 Å². The predicted octanol–water partition coefficient (Wildman–Crippen LogP) is 2.17. The van der Waals surface area contributed by atoms with Crippen molar-refractivity contribution in [1.29, 1.82) is 0 Å². The molecular weight excluding hydrogens is 530 g/mol. The molecule has 2 heterocycles. The molecule has 0 nitrogen and oxygen atoms in total. The summed E-state index contributed by atoms with van der Waals surface area (Å²) in [6.45, 7) is 0. The van der Waals surface area contributed by atoms with E-state index in [1.807, 2.05) is 0 Å². The standard InChI is InChI=1S/C6Cl4Se4/c7-1-2(8)12-5(11-1)6-13-3(9)4(10)14-6. The normalized spacial score (nSPS) is 23.1. The maximum absolute atomic E-state index is 6.00. The Labute approximate surface area is 127 Å². The Morgan fingerprint density at radius 3 is 0.929 bits per heavy atom. The van der Waals surface area contributed by atoms with Crippen molar-refractivity contribution in [2.45, 2.75) is 0 Å². The van der Waals surface area contributed by atoms with Crippen LogP contribution in [-0.2, 0) is 0 Å². The molecule has 0 spiro atoms. The van der Waals surface area contributed by atoms with Crippen LogP contribution in [0.25, 0.3) is 0 Å². The van der Waals surface area contributed by atoms with Crippen LogP contribution in [0.1, 0.15) is 0 Å². The Kier molecular flexibility index (Phi) is 4.98. The minimum atomic E-state index is 0.260. The van der Waals surface area contributed by atoms with Crippen molar-refractivity contribution in [2.75, 3.05) is 0 Å². The molecule has 0 aromatic rings. The van der Waals surface area contributed by atoms with E-state index in [2.05, 4.69) is 0 Å². The fraction of sp³-hybridized carbons (Fsp3) is 0. The monoisotopic (exact) mass is 532 g/mol. The second-order valence-electron chi connectivity index (χ2n) is 2.08. The van der Waals surface area contributed by atoms with Crippen molar-refractivity contribution in [3.63, 3.8) is 0 Å². The molecule has 8 heteroatoms. The molecule has 0 saturated heterocycles. The van der Waals surface area contributed by atoms with Gasteiger partial charge in [-0.1, -0.05) is 0 Å². The summed E-state index contributed by atoms with van der Waals surface area (Å²) in [5.41, 5.74) is 0. The van der Waals surface area contributed by atoms with Crippen LogP contribution < -0.4 is 0 Å². The molecule has 2 aliphatic heterocycles. The van der Waals surface area contributed by atoms with Gasteiger partial charge in [-0.15, -0.1) is 0 Å². The van der Waals surface area contributed by atoms with Gasteiger partial charge in [-0.25, -0.2) is 0 Å². The molecule has 0 saturated carbocycles. The van der Waals surface area contributed by atoms with Crippen LogP contribution in [0.3, 0.4) is 0 Å². The van der Waals surface area contributed by atoms with Gasteiger partial charge in [0.1, 0.15) is 0 Å². The SMILES string of the molecule is ClC1=C(Cl)[Se]C(=C2[Se]C(Cl)=C(Cl)[Se]2)[Se]1. The topological polar surface area (TPSA) is 0 Å². The molecule has 0 aromatic heterocycles. The van der Waals surface area contributed by atoms with Crippen molar-refractivity contribution >= 4 is 106 Å². The molecule has 0 aliphatic carbocycles. The predicted molar refractivity (Wildman–Crippen MR) is 67.5 cm³/mol. The maximum atomic E-state index is 6.00. The van der Waals surface area contributed by atoms with E-state index in [4.69, 9.17) is 46.4 Å². The Balaban J connectivity index is 2.17. The Morgan fingerprint density at radius 2 is 0.714 bits per heavy atom. The van der Waals surface area contributed by atoms with Gasteiger partial charge < -0.3 is 0 Å². The van der Waals surface area contributed by atoms with E-state index >= 15 is 0 Å². The third-order valence-electron chi connectivity index (χ3n) is 1.20. The summed E-state index contributed by atoms with van der Waals surface area (Å²) >= 11 is 25.0. The second-order valence-corrected chi connectivity index (χ2v) is 16.8. The van der Waals surface area contributed by atoms with E-state index in [-0.39, 0.29) is 59.8 Å². The van der Waals surface area contributed by atoms with E-state index in [1.165, 1.54) is 6.74 Å². The fourth-order valence-corrected chi connectivity index (χ4v) is 18.2. The van der Waals surface area contributed by atoms with Crippen molar-refractivity contribution in [1.82, 2.24) is 0 Å². The molecule has 0 N–H and O–H groups in total. The summed E-state index contributed by atoms with van der Waals surface area (Å²) in [5.74, 6) is 0. The third kappa shape index (κ3) is 2.82. The molecule has 0 fully saturated rings. The van der Waals surface area contributed by atoms with Crippen LogP contribution in [0.15, 0.2) is 22.5 Å². The molecule has 0 unspecified atom stereocenters. The summed E-state index contributed by atoms with van der Waals surface area (Å²) in [4.78, 5) is 0. The van der Waals surface area contributed by atoms with Gasteiger partial charge >= 0.3 is 129 Å². The zero-order chi connectivity index (χ0) is 10.3. The number of rotatable bonds is 0. The zero-order valence-corrected chi connectivity index (χ0v) is 16.0. The molecule has 0 amide bonds. The number of hydrogen-bond donors (Lipinski definition) is 0. The van der Waals surface area contributed by atoms with Crippen molar-refractivity contribution in [3.05, 3.63) is 22.5 Å². The first-order valence-corrected chi connectivity index (χ1v) is 11.5. The van der Waals surface area contributed by atoms with E-state index in [0.29, 0.717) is 0 Å². The number of hydrogen-bond acceptors (Lipinski definition) is 0. The Bertz CT molecular complexity index is 315. The van der Waals surface area contributed by atoms with Gasteiger partial charge in [0.15, 0.2) is 0 Å². The van der Waals surface area contributed by atoms with Gasteiger partial charge in [0, 0.05) is 0 Å². The molecule has 0 atom stereocenters. The molecular formula is C6Cl4Se4. The summed E-state index contributed by atoms with van der Waals surface area (Å²) in [6.07, 6.45) is 0. The molecule has 0 aromatic carbocycles. The molecule has 2 aliphatic rings. The van der Waals surface area contributed by atoms with E-state index in [1.54, 1.807) is 0 Å². The van der Waals surface area contributed by atoms with E-state index < -0.39 is 0 Å². The van der Waals surface area contributed by atoms with Crippen LogP contribution in [-0.4, -0.2) is 59.8 Å². The van der Waals surface area contributed by atoms with Gasteiger partial charge in [0.25, 0.3) is 0 Å². The van der Waals surface area contributed by atoms with Crippen molar-refractivity contribution in [2.24, 2.45) is 0 Å². The summed E-state index contributed by atoms with van der Waals surface area (Å²) in [7, 11) is 0. The summed E-state index contributed by atoms with van der Waals surface area (Å²) < 4.78 is 6.40. The first-order valence-electron chi connectivity index (χ1n) is 3.14. The van der Waals surface area contributed by atoms with E-state index in [0.717, 1.165) is 15.7 Å². The minimum absolute atomic E-state index is 0.260. The molecule has 2 rings (SSSR count). The first-order chi connectivity index (χ1) is 6.58. The third-order valence-corrected chi connectivity index (χ3v) is 18.8. The number of halogens is 4. The van der Waals surface area contributed by atoms with Crippen LogP contribution in [0.2, 0.25) is 0 Å². The quantitative estimate of drug-likeness (QED) is 0.422. The van der Waals surface area contributed by atoms with Crippen LogP contribution in [0, 0.1) is 0 Å². The Morgan fingerprint density at radius 1 is 0.500 bits per heavy atom. The average Bonchev–Trinajstić information content (AvgIpc) is 2.60. The van der Waals surface area contributed by atoms with Crippen molar-refractivity contribution < 1.29 is 0 Å². The van der Waals surface area contributed by atoms with Gasteiger partial charge in [-0.3, -0.25) is 0 Å². The molecule has 0 radical (unpaired) electrons. The fourth-order valence-electron chi connectivity index (χ4n) is 0.694. The van der Waals surface area contributed by atoms with Gasteiger partial charge in [0.05, 0.1) is 0 Å². The van der Waals surface area contributed by atoms with Gasteiger partial charge in [-0.05, 0) is 0 Å². The van der Waals surface area contributed by atoms with Crippen LogP contribution in [0.4, 0.5) is 0 Å². The van der Waals surface area contributed by atoms with Gasteiger partial charge in [-0.2, -0.15) is 0 Å². The van der Waals surface area contributed by atoms with Crippen molar-refractivity contribution in [3.8, 4) is 0 Å². The average molecular weight is 530 g/mol. The zero-order valence-electron chi connectivity index (χ0n) is 6.14. The first kappa shape index (κ1) is 12.9.